The number of ketones is 1. The van der Waals surface area contributed by atoms with E-state index in [0.29, 0.717) is 18.7 Å². The molecule has 2 N–H and O–H groups in total. The second kappa shape index (κ2) is 7.83. The molecule has 0 radical (unpaired) electrons. The first-order valence-corrected chi connectivity index (χ1v) is 9.91. The maximum Gasteiger partial charge on any atom is 0.307 e. The molecule has 3 aromatic rings. The number of hydrogen-bond donors (Lipinski definition) is 2. The predicted molar refractivity (Wildman–Crippen MR) is 108 cm³/mol. The van der Waals surface area contributed by atoms with E-state index in [-0.39, 0.29) is 18.2 Å². The third kappa shape index (κ3) is 3.82. The molecule has 7 nitrogen and oxygen atoms in total. The van der Waals surface area contributed by atoms with E-state index in [0.717, 1.165) is 52.8 Å². The Bertz CT molecular complexity index is 1060. The molecule has 0 saturated carbocycles. The van der Waals surface area contributed by atoms with E-state index in [2.05, 4.69) is 15.0 Å². The van der Waals surface area contributed by atoms with Gasteiger partial charge in [-0.25, -0.2) is 0 Å². The van der Waals surface area contributed by atoms with Crippen molar-refractivity contribution in [1.82, 2.24) is 15.0 Å². The highest BCUT2D eigenvalue weighted by Crippen LogP contribution is 2.31. The number of benzene rings is 1. The van der Waals surface area contributed by atoms with Gasteiger partial charge in [0.1, 0.15) is 5.76 Å². The number of aliphatic carboxylic acids is 1. The molecule has 0 amide bonds. The van der Waals surface area contributed by atoms with Crippen LogP contribution in [0.3, 0.4) is 0 Å². The van der Waals surface area contributed by atoms with Crippen molar-refractivity contribution in [2.75, 3.05) is 6.54 Å². The number of carbonyl (C=O) groups excluding carboxylic acids is 1. The molecule has 152 valence electrons. The summed E-state index contributed by atoms with van der Waals surface area (Å²) in [6.07, 6.45) is 2.03. The van der Waals surface area contributed by atoms with Crippen LogP contribution in [0.4, 0.5) is 0 Å². The van der Waals surface area contributed by atoms with Crippen LogP contribution in [-0.4, -0.2) is 39.2 Å². The Hall–Kier alpha value is -2.93. The van der Waals surface area contributed by atoms with Crippen molar-refractivity contribution in [3.63, 3.8) is 0 Å². The van der Waals surface area contributed by atoms with Gasteiger partial charge in [0.15, 0.2) is 5.78 Å². The van der Waals surface area contributed by atoms with Gasteiger partial charge in [-0.2, -0.15) is 0 Å². The molecule has 0 spiro atoms. The highest BCUT2D eigenvalue weighted by atomic mass is 16.5. The van der Waals surface area contributed by atoms with Gasteiger partial charge < -0.3 is 19.5 Å². The summed E-state index contributed by atoms with van der Waals surface area (Å²) in [7, 11) is 0. The monoisotopic (exact) mass is 395 g/mol. The first kappa shape index (κ1) is 19.4. The first-order chi connectivity index (χ1) is 13.9. The molecule has 4 rings (SSSR count). The molecule has 0 fully saturated rings. The lowest BCUT2D eigenvalue weighted by Crippen LogP contribution is -2.40. The van der Waals surface area contributed by atoms with E-state index < -0.39 is 5.97 Å². The maximum absolute atomic E-state index is 12.4. The first-order valence-electron chi connectivity index (χ1n) is 9.91. The fraction of sp³-hybridized carbons (Fsp3) is 0.409. The topological polar surface area (TPSA) is 97.4 Å². The van der Waals surface area contributed by atoms with Crippen molar-refractivity contribution >= 4 is 22.7 Å². The van der Waals surface area contributed by atoms with Crippen molar-refractivity contribution in [2.45, 2.75) is 52.1 Å². The van der Waals surface area contributed by atoms with Crippen LogP contribution in [0.5, 0.6) is 0 Å². The van der Waals surface area contributed by atoms with E-state index >= 15 is 0 Å². The fourth-order valence-electron chi connectivity index (χ4n) is 4.33. The Labute approximate surface area is 168 Å². The van der Waals surface area contributed by atoms with Crippen LogP contribution in [0.15, 0.2) is 28.8 Å². The lowest BCUT2D eigenvalue weighted by atomic mass is 10.00. The average Bonchev–Trinajstić information content (AvgIpc) is 3.18. The summed E-state index contributed by atoms with van der Waals surface area (Å²) in [5.74, 6) is -0.00798. The van der Waals surface area contributed by atoms with Crippen molar-refractivity contribution in [3.8, 4) is 0 Å². The number of nitrogens with one attached hydrogen (secondary N) is 1. The standard InChI is InChI=1S/C22H25N3O4/c1-13-18(14(2)29-24-13)9-16(26)11-23-15-7-8-21-19(10-22(27)28)17-5-3-4-6-20(17)25(21)12-15/h3-6,15,23H,7-12H2,1-2H3,(H,27,28)/t15-/m1/s1. The molecule has 3 heterocycles. The summed E-state index contributed by atoms with van der Waals surface area (Å²) in [4.78, 5) is 23.8. The second-order valence-corrected chi connectivity index (χ2v) is 7.76. The quantitative estimate of drug-likeness (QED) is 0.638. The van der Waals surface area contributed by atoms with Crippen LogP contribution in [0.25, 0.3) is 10.9 Å². The number of para-hydroxylation sites is 1. The van der Waals surface area contributed by atoms with Crippen molar-refractivity contribution in [3.05, 3.63) is 52.5 Å². The van der Waals surface area contributed by atoms with Crippen LogP contribution < -0.4 is 5.32 Å². The number of carboxylic acid groups (broad SMARTS) is 1. The number of hydrogen-bond acceptors (Lipinski definition) is 5. The lowest BCUT2D eigenvalue weighted by Gasteiger charge is -2.27. The summed E-state index contributed by atoms with van der Waals surface area (Å²) in [5, 5.41) is 17.6. The van der Waals surface area contributed by atoms with Crippen molar-refractivity contribution in [1.29, 1.82) is 0 Å². The molecule has 29 heavy (non-hydrogen) atoms. The molecule has 1 aliphatic heterocycles. The summed E-state index contributed by atoms with van der Waals surface area (Å²) in [6, 6.07) is 8.13. The van der Waals surface area contributed by atoms with Crippen LogP contribution in [-0.2, 0) is 35.4 Å². The summed E-state index contributed by atoms with van der Waals surface area (Å²) in [6.45, 7) is 4.70. The van der Waals surface area contributed by atoms with Crippen molar-refractivity contribution < 1.29 is 19.2 Å². The zero-order valence-corrected chi connectivity index (χ0v) is 16.7. The molecule has 2 aromatic heterocycles. The van der Waals surface area contributed by atoms with Gasteiger partial charge in [0, 0.05) is 41.2 Å². The second-order valence-electron chi connectivity index (χ2n) is 7.76. The van der Waals surface area contributed by atoms with Gasteiger partial charge in [-0.3, -0.25) is 9.59 Å². The molecule has 1 atom stereocenters. The van der Waals surface area contributed by atoms with E-state index in [4.69, 9.17) is 4.52 Å². The zero-order chi connectivity index (χ0) is 20.5. The molecule has 0 saturated heterocycles. The minimum Gasteiger partial charge on any atom is -0.481 e. The third-order valence-electron chi connectivity index (χ3n) is 5.80. The summed E-state index contributed by atoms with van der Waals surface area (Å²) < 4.78 is 7.35. The summed E-state index contributed by atoms with van der Waals surface area (Å²) in [5.41, 5.74) is 4.72. The molecule has 1 aromatic carbocycles. The largest absolute Gasteiger partial charge is 0.481 e. The number of Topliss-reactive ketones (excluding diaryl/α,β-unsaturated/α-hetero) is 1. The van der Waals surface area contributed by atoms with E-state index in [9.17, 15) is 14.7 Å². The Balaban J connectivity index is 1.46. The highest BCUT2D eigenvalue weighted by Gasteiger charge is 2.26. The Morgan fingerprint density at radius 2 is 2.03 bits per heavy atom. The average molecular weight is 395 g/mol. The Morgan fingerprint density at radius 3 is 2.76 bits per heavy atom. The third-order valence-corrected chi connectivity index (χ3v) is 5.80. The molecular formula is C22H25N3O4. The Morgan fingerprint density at radius 1 is 1.24 bits per heavy atom. The van der Waals surface area contributed by atoms with Crippen LogP contribution in [0.1, 0.15) is 34.7 Å². The number of aryl methyl sites for hydroxylation is 2. The number of carbonyl (C=O) groups is 2. The number of rotatable bonds is 7. The molecule has 1 aliphatic rings. The van der Waals surface area contributed by atoms with Gasteiger partial charge >= 0.3 is 5.97 Å². The van der Waals surface area contributed by atoms with Crippen LogP contribution in [0, 0.1) is 13.8 Å². The SMILES string of the molecule is Cc1noc(C)c1CC(=O)CN[C@@H]1CCc2c(CC(=O)O)c3ccccc3n2C1. The van der Waals surface area contributed by atoms with Gasteiger partial charge in [0.05, 0.1) is 18.7 Å². The molecule has 0 aliphatic carbocycles. The Kier molecular flexibility index (Phi) is 5.24. The smallest absolute Gasteiger partial charge is 0.307 e. The number of fused-ring (bicyclic) bond motifs is 3. The fourth-order valence-corrected chi connectivity index (χ4v) is 4.33. The molecular weight excluding hydrogens is 370 g/mol. The molecule has 0 unspecified atom stereocenters. The predicted octanol–water partition coefficient (Wildman–Crippen LogP) is 2.59. The van der Waals surface area contributed by atoms with Crippen LogP contribution in [0.2, 0.25) is 0 Å². The minimum atomic E-state index is -0.811. The summed E-state index contributed by atoms with van der Waals surface area (Å²) >= 11 is 0. The minimum absolute atomic E-state index is 0.0386. The van der Waals surface area contributed by atoms with Gasteiger partial charge in [-0.1, -0.05) is 23.4 Å². The van der Waals surface area contributed by atoms with E-state index in [1.54, 1.807) is 0 Å². The van der Waals surface area contributed by atoms with E-state index in [1.165, 1.54) is 0 Å². The van der Waals surface area contributed by atoms with Crippen molar-refractivity contribution in [2.24, 2.45) is 0 Å². The maximum atomic E-state index is 12.4. The van der Waals surface area contributed by atoms with Gasteiger partial charge in [0.25, 0.3) is 0 Å². The van der Waals surface area contributed by atoms with Gasteiger partial charge in [-0.15, -0.1) is 0 Å². The zero-order valence-electron chi connectivity index (χ0n) is 16.7. The van der Waals surface area contributed by atoms with Gasteiger partial charge in [-0.05, 0) is 38.3 Å². The lowest BCUT2D eigenvalue weighted by molar-refractivity contribution is -0.136. The number of carboxylic acids is 1. The highest BCUT2D eigenvalue weighted by molar-refractivity contribution is 5.89. The molecule has 0 bridgehead atoms. The number of nitrogens with zero attached hydrogens (tertiary/aromatic N) is 2. The van der Waals surface area contributed by atoms with Crippen LogP contribution >= 0.6 is 0 Å². The van der Waals surface area contributed by atoms with Gasteiger partial charge in [0.2, 0.25) is 0 Å². The molecule has 7 heteroatoms. The number of aromatic nitrogens is 2. The normalized spacial score (nSPS) is 16.1. The van der Waals surface area contributed by atoms with E-state index in [1.807, 2.05) is 38.1 Å².